The first kappa shape index (κ1) is 15.2. The maximum Gasteiger partial charge on any atom is 0.356 e. The second-order valence-corrected chi connectivity index (χ2v) is 5.05. The van der Waals surface area contributed by atoms with E-state index in [2.05, 4.69) is 26.3 Å². The Morgan fingerprint density at radius 3 is 2.76 bits per heavy atom. The van der Waals surface area contributed by atoms with E-state index in [4.69, 9.17) is 4.74 Å². The largest absolute Gasteiger partial charge is 0.461 e. The number of aryl methyl sites for hydroxylation is 1. The van der Waals surface area contributed by atoms with Crippen LogP contribution < -0.4 is 5.32 Å². The van der Waals surface area contributed by atoms with Gasteiger partial charge in [-0.15, -0.1) is 0 Å². The molecule has 7 heteroatoms. The molecule has 2 rings (SSSR count). The van der Waals surface area contributed by atoms with Crippen molar-refractivity contribution in [2.24, 2.45) is 7.05 Å². The van der Waals surface area contributed by atoms with Crippen LogP contribution in [0.1, 0.15) is 27.9 Å². The molecule has 1 N–H and O–H groups in total. The van der Waals surface area contributed by atoms with Crippen LogP contribution in [-0.4, -0.2) is 28.3 Å². The van der Waals surface area contributed by atoms with E-state index in [-0.39, 0.29) is 18.0 Å². The van der Waals surface area contributed by atoms with E-state index in [9.17, 15) is 9.59 Å². The number of esters is 1. The fourth-order valence-electron chi connectivity index (χ4n) is 1.72. The van der Waals surface area contributed by atoms with Gasteiger partial charge in [-0.2, -0.15) is 5.10 Å². The molecule has 110 valence electrons. The molecule has 0 aliphatic heterocycles. The van der Waals surface area contributed by atoms with Gasteiger partial charge in [0.15, 0.2) is 5.69 Å². The summed E-state index contributed by atoms with van der Waals surface area (Å²) in [5, 5.41) is 6.75. The summed E-state index contributed by atoms with van der Waals surface area (Å²) in [6.07, 6.45) is 0. The number of aromatic nitrogens is 2. The van der Waals surface area contributed by atoms with Crippen molar-refractivity contribution in [1.82, 2.24) is 9.78 Å². The minimum atomic E-state index is -0.507. The summed E-state index contributed by atoms with van der Waals surface area (Å²) in [4.78, 5) is 23.8. The van der Waals surface area contributed by atoms with Gasteiger partial charge in [-0.25, -0.2) is 4.79 Å². The third-order valence-corrected chi connectivity index (χ3v) is 3.41. The molecule has 0 aliphatic carbocycles. The Kier molecular flexibility index (Phi) is 4.74. The van der Waals surface area contributed by atoms with E-state index in [0.29, 0.717) is 5.69 Å². The third-order valence-electron chi connectivity index (χ3n) is 2.72. The van der Waals surface area contributed by atoms with Crippen LogP contribution in [0.4, 0.5) is 5.69 Å². The van der Waals surface area contributed by atoms with Crippen molar-refractivity contribution in [3.05, 3.63) is 46.2 Å². The van der Waals surface area contributed by atoms with Crippen LogP contribution in [0.5, 0.6) is 0 Å². The highest BCUT2D eigenvalue weighted by molar-refractivity contribution is 9.10. The van der Waals surface area contributed by atoms with Crippen molar-refractivity contribution >= 4 is 33.5 Å². The molecule has 1 amide bonds. The Labute approximate surface area is 130 Å². The predicted octanol–water partition coefficient (Wildman–Crippen LogP) is 2.61. The second kappa shape index (κ2) is 6.53. The number of nitrogens with one attached hydrogen (secondary N) is 1. The molecular formula is C14H14BrN3O3. The maximum absolute atomic E-state index is 12.2. The van der Waals surface area contributed by atoms with Gasteiger partial charge in [-0.3, -0.25) is 9.48 Å². The van der Waals surface area contributed by atoms with Crippen molar-refractivity contribution in [1.29, 1.82) is 0 Å². The highest BCUT2D eigenvalue weighted by atomic mass is 79.9. The van der Waals surface area contributed by atoms with Gasteiger partial charge in [0.25, 0.3) is 5.91 Å². The molecule has 0 atom stereocenters. The zero-order valence-electron chi connectivity index (χ0n) is 11.6. The van der Waals surface area contributed by atoms with E-state index in [1.165, 1.54) is 10.7 Å². The first-order valence-corrected chi connectivity index (χ1v) is 7.09. The summed E-state index contributed by atoms with van der Waals surface area (Å²) in [5.41, 5.74) is 1.01. The lowest BCUT2D eigenvalue weighted by molar-refractivity contribution is 0.0513. The molecule has 21 heavy (non-hydrogen) atoms. The van der Waals surface area contributed by atoms with E-state index in [1.54, 1.807) is 20.0 Å². The molecule has 0 spiro atoms. The first-order chi connectivity index (χ1) is 10.0. The van der Waals surface area contributed by atoms with Crippen molar-refractivity contribution in [3.8, 4) is 0 Å². The summed E-state index contributed by atoms with van der Waals surface area (Å²) < 4.78 is 6.99. The molecule has 0 unspecified atom stereocenters. The Morgan fingerprint density at radius 2 is 2.10 bits per heavy atom. The first-order valence-electron chi connectivity index (χ1n) is 6.30. The summed E-state index contributed by atoms with van der Waals surface area (Å²) in [5.74, 6) is -0.902. The molecule has 0 saturated carbocycles. The van der Waals surface area contributed by atoms with Crippen LogP contribution in [0.15, 0.2) is 34.8 Å². The van der Waals surface area contributed by atoms with E-state index < -0.39 is 11.9 Å². The summed E-state index contributed by atoms with van der Waals surface area (Å²) >= 11 is 3.35. The Balaban J connectivity index is 2.19. The highest BCUT2D eigenvalue weighted by Gasteiger charge is 2.18. The number of rotatable bonds is 4. The number of hydrogen-bond donors (Lipinski definition) is 1. The fraction of sp³-hybridized carbons (Fsp3) is 0.214. The van der Waals surface area contributed by atoms with Gasteiger partial charge in [-0.05, 0) is 35.0 Å². The molecule has 0 bridgehead atoms. The normalized spacial score (nSPS) is 10.2. The molecular weight excluding hydrogens is 338 g/mol. The number of halogens is 1. The summed E-state index contributed by atoms with van der Waals surface area (Å²) in [6, 6.07) is 8.64. The fourth-order valence-corrected chi connectivity index (χ4v) is 2.11. The molecule has 0 radical (unpaired) electrons. The molecule has 6 nitrogen and oxygen atoms in total. The quantitative estimate of drug-likeness (QED) is 0.859. The van der Waals surface area contributed by atoms with Gasteiger partial charge < -0.3 is 10.1 Å². The second-order valence-electron chi connectivity index (χ2n) is 4.19. The van der Waals surface area contributed by atoms with Gasteiger partial charge in [0.2, 0.25) is 0 Å². The number of ether oxygens (including phenoxy) is 1. The lowest BCUT2D eigenvalue weighted by Gasteiger charge is -2.04. The minimum Gasteiger partial charge on any atom is -0.461 e. The van der Waals surface area contributed by atoms with Gasteiger partial charge in [0.1, 0.15) is 5.69 Å². The van der Waals surface area contributed by atoms with Crippen LogP contribution in [0.25, 0.3) is 0 Å². The summed E-state index contributed by atoms with van der Waals surface area (Å²) in [7, 11) is 1.58. The number of carbonyl (C=O) groups is 2. The van der Waals surface area contributed by atoms with E-state index in [1.807, 2.05) is 18.2 Å². The number of anilines is 1. The number of nitrogens with zero attached hydrogens (tertiary/aromatic N) is 2. The highest BCUT2D eigenvalue weighted by Crippen LogP contribution is 2.21. The van der Waals surface area contributed by atoms with Crippen molar-refractivity contribution in [2.45, 2.75) is 6.92 Å². The Bertz CT molecular complexity index is 682. The maximum atomic E-state index is 12.2. The minimum absolute atomic E-state index is 0.149. The summed E-state index contributed by atoms with van der Waals surface area (Å²) in [6.45, 7) is 1.98. The van der Waals surface area contributed by atoms with Gasteiger partial charge >= 0.3 is 5.97 Å². The van der Waals surface area contributed by atoms with Crippen LogP contribution >= 0.6 is 15.9 Å². The molecule has 2 aromatic rings. The standard InChI is InChI=1S/C14H14BrN3O3/c1-3-21-14(20)12-8-11(17-18(12)2)13(19)16-10-7-5-4-6-9(10)15/h4-8H,3H2,1-2H3,(H,16,19). The number of amides is 1. The lowest BCUT2D eigenvalue weighted by atomic mass is 10.3. The number of hydrogen-bond acceptors (Lipinski definition) is 4. The van der Waals surface area contributed by atoms with Crippen molar-refractivity contribution < 1.29 is 14.3 Å². The molecule has 1 heterocycles. The van der Waals surface area contributed by atoms with E-state index in [0.717, 1.165) is 4.47 Å². The Morgan fingerprint density at radius 1 is 1.38 bits per heavy atom. The molecule has 1 aromatic carbocycles. The van der Waals surface area contributed by atoms with Crippen LogP contribution in [-0.2, 0) is 11.8 Å². The molecule has 0 aliphatic rings. The topological polar surface area (TPSA) is 73.2 Å². The average Bonchev–Trinajstić information content (AvgIpc) is 2.84. The van der Waals surface area contributed by atoms with Crippen molar-refractivity contribution in [2.75, 3.05) is 11.9 Å². The third kappa shape index (κ3) is 3.49. The van der Waals surface area contributed by atoms with Crippen LogP contribution in [0, 0.1) is 0 Å². The zero-order valence-corrected chi connectivity index (χ0v) is 13.2. The smallest absolute Gasteiger partial charge is 0.356 e. The van der Waals surface area contributed by atoms with Gasteiger partial charge in [0.05, 0.1) is 12.3 Å². The Hall–Kier alpha value is -2.15. The monoisotopic (exact) mass is 351 g/mol. The lowest BCUT2D eigenvalue weighted by Crippen LogP contribution is -2.13. The van der Waals surface area contributed by atoms with Crippen molar-refractivity contribution in [3.63, 3.8) is 0 Å². The average molecular weight is 352 g/mol. The number of para-hydroxylation sites is 1. The van der Waals surface area contributed by atoms with Gasteiger partial charge in [0, 0.05) is 17.6 Å². The van der Waals surface area contributed by atoms with Crippen LogP contribution in [0.3, 0.4) is 0 Å². The molecule has 1 aromatic heterocycles. The predicted molar refractivity (Wildman–Crippen MR) is 81.3 cm³/mol. The SMILES string of the molecule is CCOC(=O)c1cc(C(=O)Nc2ccccc2Br)nn1C. The zero-order chi connectivity index (χ0) is 15.4. The number of benzene rings is 1. The molecule has 0 fully saturated rings. The van der Waals surface area contributed by atoms with Crippen LogP contribution in [0.2, 0.25) is 0 Å². The van der Waals surface area contributed by atoms with E-state index >= 15 is 0 Å². The number of carbonyl (C=O) groups excluding carboxylic acids is 2. The molecule has 0 saturated heterocycles. The van der Waals surface area contributed by atoms with Gasteiger partial charge in [-0.1, -0.05) is 12.1 Å².